The van der Waals surface area contributed by atoms with Crippen LogP contribution in [0.4, 0.5) is 22.7 Å². The van der Waals surface area contributed by atoms with E-state index in [1.807, 2.05) is 0 Å². The molecule has 0 spiro atoms. The fourth-order valence-electron chi connectivity index (χ4n) is 1.80. The summed E-state index contributed by atoms with van der Waals surface area (Å²) in [6.45, 7) is 0. The molecular weight excluding hydrogens is 388 g/mol. The zero-order valence-electron chi connectivity index (χ0n) is 11.4. The molecule has 1 N–H and O–H groups in total. The number of carbonyl (C=O) groups excluding carboxylic acids is 1. The first-order chi connectivity index (χ1) is 11.4. The highest BCUT2D eigenvalue weighted by Gasteiger charge is 2.23. The van der Waals surface area contributed by atoms with E-state index in [0.29, 0.717) is 10.0 Å². The first-order valence-electron chi connectivity index (χ1n) is 6.22. The normalized spacial score (nSPS) is 10.9. The number of thiazole rings is 1. The third-order valence-corrected chi connectivity index (χ3v) is 4.91. The lowest BCUT2D eigenvalue weighted by atomic mass is 10.1. The minimum atomic E-state index is -2.05. The van der Waals surface area contributed by atoms with Gasteiger partial charge >= 0.3 is 0 Å². The molecule has 0 saturated carbocycles. The van der Waals surface area contributed by atoms with E-state index in [1.54, 1.807) is 17.5 Å². The lowest BCUT2D eigenvalue weighted by Gasteiger charge is -2.05. The van der Waals surface area contributed by atoms with E-state index in [4.69, 9.17) is 11.6 Å². The van der Waals surface area contributed by atoms with Gasteiger partial charge in [0.1, 0.15) is 0 Å². The standard InChI is InChI=1S/C14H5ClF4N2OS2/c15-9-2-1-8(24-9)7-4-23-14(20-7)21-13(22)5-3-6(16)11(18)12(19)10(5)17/h1-4H,(H,20,21,22). The van der Waals surface area contributed by atoms with E-state index < -0.39 is 34.7 Å². The van der Waals surface area contributed by atoms with Crippen LogP contribution in [0.1, 0.15) is 10.4 Å². The molecule has 0 saturated heterocycles. The van der Waals surface area contributed by atoms with Gasteiger partial charge in [-0.05, 0) is 18.2 Å². The van der Waals surface area contributed by atoms with E-state index in [-0.39, 0.29) is 11.2 Å². The number of rotatable bonds is 3. The lowest BCUT2D eigenvalue weighted by Crippen LogP contribution is -2.16. The van der Waals surface area contributed by atoms with Crippen molar-refractivity contribution < 1.29 is 22.4 Å². The van der Waals surface area contributed by atoms with Gasteiger partial charge in [0, 0.05) is 5.38 Å². The summed E-state index contributed by atoms with van der Waals surface area (Å²) in [5.41, 5.74) is -0.425. The number of anilines is 1. The van der Waals surface area contributed by atoms with E-state index in [1.165, 1.54) is 11.3 Å². The topological polar surface area (TPSA) is 42.0 Å². The van der Waals surface area contributed by atoms with Gasteiger partial charge < -0.3 is 0 Å². The minimum Gasteiger partial charge on any atom is -0.298 e. The maximum Gasteiger partial charge on any atom is 0.260 e. The summed E-state index contributed by atoms with van der Waals surface area (Å²) in [5.74, 6) is -8.60. The predicted octanol–water partition coefficient (Wildman–Crippen LogP) is 5.33. The molecular formula is C14H5ClF4N2OS2. The lowest BCUT2D eigenvalue weighted by molar-refractivity contribution is 0.102. The number of nitrogens with one attached hydrogen (secondary N) is 1. The Morgan fingerprint density at radius 1 is 1.12 bits per heavy atom. The molecule has 24 heavy (non-hydrogen) atoms. The Bertz CT molecular complexity index is 941. The number of amides is 1. The van der Waals surface area contributed by atoms with Crippen LogP contribution in [0.2, 0.25) is 4.34 Å². The molecule has 1 aromatic carbocycles. The number of hydrogen-bond acceptors (Lipinski definition) is 4. The molecule has 1 amide bonds. The first kappa shape index (κ1) is 16.9. The highest BCUT2D eigenvalue weighted by molar-refractivity contribution is 7.20. The smallest absolute Gasteiger partial charge is 0.260 e. The van der Waals surface area contributed by atoms with Crippen LogP contribution in [-0.4, -0.2) is 10.9 Å². The van der Waals surface area contributed by atoms with Gasteiger partial charge in [0.15, 0.2) is 28.4 Å². The van der Waals surface area contributed by atoms with Gasteiger partial charge in [-0.25, -0.2) is 22.5 Å². The molecule has 0 fully saturated rings. The Morgan fingerprint density at radius 2 is 1.88 bits per heavy atom. The third-order valence-electron chi connectivity index (χ3n) is 2.90. The monoisotopic (exact) mass is 392 g/mol. The molecule has 0 aliphatic heterocycles. The molecule has 0 bridgehead atoms. The molecule has 124 valence electrons. The van der Waals surface area contributed by atoms with Gasteiger partial charge in [-0.1, -0.05) is 11.6 Å². The van der Waals surface area contributed by atoms with E-state index in [0.717, 1.165) is 16.2 Å². The molecule has 0 radical (unpaired) electrons. The SMILES string of the molecule is O=C(Nc1nc(-c2ccc(Cl)s2)cs1)c1cc(F)c(F)c(F)c1F. The van der Waals surface area contributed by atoms with Gasteiger partial charge in [-0.2, -0.15) is 0 Å². The maximum atomic E-state index is 13.6. The Balaban J connectivity index is 1.85. The predicted molar refractivity (Wildman–Crippen MR) is 84.7 cm³/mol. The molecule has 0 aliphatic carbocycles. The average molecular weight is 393 g/mol. The fraction of sp³-hybridized carbons (Fsp3) is 0. The number of benzene rings is 1. The minimum absolute atomic E-state index is 0.0871. The molecule has 0 atom stereocenters. The van der Waals surface area contributed by atoms with Crippen LogP contribution in [0.25, 0.3) is 10.6 Å². The summed E-state index contributed by atoms with van der Waals surface area (Å²) in [6, 6.07) is 3.70. The molecule has 10 heteroatoms. The number of carbonyl (C=O) groups is 1. The second-order valence-electron chi connectivity index (χ2n) is 4.44. The van der Waals surface area contributed by atoms with Crippen LogP contribution in [0.15, 0.2) is 23.6 Å². The second kappa shape index (κ2) is 6.50. The fourth-order valence-corrected chi connectivity index (χ4v) is 3.58. The van der Waals surface area contributed by atoms with Gasteiger partial charge in [-0.3, -0.25) is 10.1 Å². The highest BCUT2D eigenvalue weighted by Crippen LogP contribution is 2.33. The van der Waals surface area contributed by atoms with Gasteiger partial charge in [0.05, 0.1) is 20.5 Å². The van der Waals surface area contributed by atoms with E-state index >= 15 is 0 Å². The first-order valence-corrected chi connectivity index (χ1v) is 8.30. The largest absolute Gasteiger partial charge is 0.298 e. The zero-order chi connectivity index (χ0) is 17.4. The van der Waals surface area contributed by atoms with Crippen molar-refractivity contribution in [1.82, 2.24) is 4.98 Å². The molecule has 0 unspecified atom stereocenters. The quantitative estimate of drug-likeness (QED) is 0.371. The summed E-state index contributed by atoms with van der Waals surface area (Å²) in [6.07, 6.45) is 0. The van der Waals surface area contributed by atoms with Crippen molar-refractivity contribution in [2.24, 2.45) is 0 Å². The van der Waals surface area contributed by atoms with E-state index in [2.05, 4.69) is 10.3 Å². The maximum absolute atomic E-state index is 13.6. The molecule has 0 aliphatic rings. The van der Waals surface area contributed by atoms with Crippen molar-refractivity contribution in [3.05, 3.63) is 56.7 Å². The summed E-state index contributed by atoms with van der Waals surface area (Å²) >= 11 is 8.13. The van der Waals surface area contributed by atoms with Crippen molar-refractivity contribution in [3.63, 3.8) is 0 Å². The molecule has 3 rings (SSSR count). The Labute approximate surface area is 145 Å². The van der Waals surface area contributed by atoms with Crippen molar-refractivity contribution in [1.29, 1.82) is 0 Å². The van der Waals surface area contributed by atoms with Gasteiger partial charge in [0.2, 0.25) is 0 Å². The number of aromatic nitrogens is 1. The van der Waals surface area contributed by atoms with Gasteiger partial charge in [-0.15, -0.1) is 22.7 Å². The van der Waals surface area contributed by atoms with Crippen molar-refractivity contribution in [2.75, 3.05) is 5.32 Å². The number of nitrogens with zero attached hydrogens (tertiary/aromatic N) is 1. The average Bonchev–Trinajstić information content (AvgIpc) is 3.17. The molecule has 3 aromatic rings. The number of hydrogen-bond donors (Lipinski definition) is 1. The van der Waals surface area contributed by atoms with Crippen LogP contribution in [0.3, 0.4) is 0 Å². The van der Waals surface area contributed by atoms with Crippen LogP contribution < -0.4 is 5.32 Å². The third kappa shape index (κ3) is 3.14. The Morgan fingerprint density at radius 3 is 2.54 bits per heavy atom. The summed E-state index contributed by atoms with van der Waals surface area (Å²) in [5, 5.41) is 3.93. The second-order valence-corrected chi connectivity index (χ2v) is 7.02. The number of thiophene rings is 1. The summed E-state index contributed by atoms with van der Waals surface area (Å²) in [7, 11) is 0. The van der Waals surface area contributed by atoms with Crippen molar-refractivity contribution in [2.45, 2.75) is 0 Å². The van der Waals surface area contributed by atoms with Crippen LogP contribution in [-0.2, 0) is 0 Å². The Hall–Kier alpha value is -1.97. The summed E-state index contributed by atoms with van der Waals surface area (Å²) < 4.78 is 53.4. The van der Waals surface area contributed by atoms with Crippen molar-refractivity contribution >= 4 is 45.3 Å². The van der Waals surface area contributed by atoms with E-state index in [9.17, 15) is 22.4 Å². The molecule has 2 heterocycles. The zero-order valence-corrected chi connectivity index (χ0v) is 13.8. The number of halogens is 5. The summed E-state index contributed by atoms with van der Waals surface area (Å²) in [4.78, 5) is 16.8. The molecule has 3 nitrogen and oxygen atoms in total. The Kier molecular flexibility index (Phi) is 4.57. The van der Waals surface area contributed by atoms with Crippen LogP contribution >= 0.6 is 34.3 Å². The van der Waals surface area contributed by atoms with Crippen LogP contribution in [0.5, 0.6) is 0 Å². The molecule has 2 aromatic heterocycles. The van der Waals surface area contributed by atoms with Gasteiger partial charge in [0.25, 0.3) is 5.91 Å². The van der Waals surface area contributed by atoms with Crippen molar-refractivity contribution in [3.8, 4) is 10.6 Å². The van der Waals surface area contributed by atoms with Crippen LogP contribution in [0, 0.1) is 23.3 Å². The highest BCUT2D eigenvalue weighted by atomic mass is 35.5.